The highest BCUT2D eigenvalue weighted by atomic mass is 16.5. The Bertz CT molecular complexity index is 617. The fourth-order valence-electron chi connectivity index (χ4n) is 1.95. The molecule has 0 spiro atoms. The highest BCUT2D eigenvalue weighted by molar-refractivity contribution is 5.31. The second-order valence-electron chi connectivity index (χ2n) is 4.86. The van der Waals surface area contributed by atoms with Crippen LogP contribution in [0.25, 0.3) is 0 Å². The van der Waals surface area contributed by atoms with E-state index in [1.807, 2.05) is 43.3 Å². The summed E-state index contributed by atoms with van der Waals surface area (Å²) in [5.41, 5.74) is 0.777. The third-order valence-corrected chi connectivity index (χ3v) is 3.11. The molecule has 4 nitrogen and oxygen atoms in total. The molecular weight excluding hydrogens is 266 g/mol. The van der Waals surface area contributed by atoms with E-state index < -0.39 is 0 Å². The Labute approximate surface area is 124 Å². The van der Waals surface area contributed by atoms with Crippen molar-refractivity contribution in [3.63, 3.8) is 0 Å². The van der Waals surface area contributed by atoms with E-state index in [0.29, 0.717) is 13.2 Å². The lowest BCUT2D eigenvalue weighted by molar-refractivity contribution is 0.293. The minimum atomic E-state index is 0.0319. The van der Waals surface area contributed by atoms with Gasteiger partial charge in [0.05, 0.1) is 13.2 Å². The summed E-state index contributed by atoms with van der Waals surface area (Å²) in [5, 5.41) is 0. The highest BCUT2D eigenvalue weighted by Crippen LogP contribution is 2.17. The molecule has 2 rings (SSSR count). The van der Waals surface area contributed by atoms with Gasteiger partial charge < -0.3 is 14.0 Å². The Morgan fingerprint density at radius 2 is 1.62 bits per heavy atom. The third kappa shape index (κ3) is 4.38. The zero-order valence-electron chi connectivity index (χ0n) is 12.5. The van der Waals surface area contributed by atoms with Crippen LogP contribution in [0.3, 0.4) is 0 Å². The molecule has 112 valence electrons. The number of ether oxygens (including phenoxy) is 2. The van der Waals surface area contributed by atoms with Gasteiger partial charge in [-0.2, -0.15) is 0 Å². The maximum absolute atomic E-state index is 11.8. The van der Waals surface area contributed by atoms with Crippen molar-refractivity contribution in [2.75, 3.05) is 13.2 Å². The standard InChI is InChI=1S/C17H21NO3/c1-3-12-20-15-6-8-16(9-7-15)21-13-11-18-10-4-5-14(2)17(18)19/h4-10H,3,11-13H2,1-2H3. The molecule has 0 atom stereocenters. The molecule has 0 fully saturated rings. The molecule has 0 radical (unpaired) electrons. The summed E-state index contributed by atoms with van der Waals surface area (Å²) >= 11 is 0. The lowest BCUT2D eigenvalue weighted by Gasteiger charge is -2.10. The van der Waals surface area contributed by atoms with Crippen molar-refractivity contribution in [2.24, 2.45) is 0 Å². The van der Waals surface area contributed by atoms with Gasteiger partial charge in [-0.15, -0.1) is 0 Å². The lowest BCUT2D eigenvalue weighted by Crippen LogP contribution is -2.23. The first kappa shape index (κ1) is 15.2. The molecular formula is C17H21NO3. The molecule has 0 aliphatic heterocycles. The Balaban J connectivity index is 1.86. The molecule has 0 N–H and O–H groups in total. The molecule has 21 heavy (non-hydrogen) atoms. The topological polar surface area (TPSA) is 40.5 Å². The van der Waals surface area contributed by atoms with Crippen LogP contribution in [0.5, 0.6) is 11.5 Å². The average molecular weight is 287 g/mol. The van der Waals surface area contributed by atoms with Crippen LogP contribution in [0.1, 0.15) is 18.9 Å². The monoisotopic (exact) mass is 287 g/mol. The number of nitrogens with zero attached hydrogens (tertiary/aromatic N) is 1. The fourth-order valence-corrected chi connectivity index (χ4v) is 1.95. The molecule has 1 aromatic heterocycles. The van der Waals surface area contributed by atoms with Crippen molar-refractivity contribution >= 4 is 0 Å². The largest absolute Gasteiger partial charge is 0.494 e. The molecule has 0 aliphatic carbocycles. The van der Waals surface area contributed by atoms with Gasteiger partial charge in [0.15, 0.2) is 0 Å². The van der Waals surface area contributed by atoms with Gasteiger partial charge in [-0.25, -0.2) is 0 Å². The molecule has 0 unspecified atom stereocenters. The Morgan fingerprint density at radius 3 is 2.24 bits per heavy atom. The van der Waals surface area contributed by atoms with Crippen LogP contribution in [0.15, 0.2) is 47.4 Å². The van der Waals surface area contributed by atoms with Crippen LogP contribution >= 0.6 is 0 Å². The summed E-state index contributed by atoms with van der Waals surface area (Å²) < 4.78 is 12.8. The summed E-state index contributed by atoms with van der Waals surface area (Å²) in [6, 6.07) is 11.2. The number of hydrogen-bond donors (Lipinski definition) is 0. The van der Waals surface area contributed by atoms with Crippen LogP contribution in [0.2, 0.25) is 0 Å². The zero-order valence-corrected chi connectivity index (χ0v) is 12.5. The quantitative estimate of drug-likeness (QED) is 0.786. The van der Waals surface area contributed by atoms with E-state index in [4.69, 9.17) is 9.47 Å². The van der Waals surface area contributed by atoms with Gasteiger partial charge >= 0.3 is 0 Å². The van der Waals surface area contributed by atoms with E-state index in [1.165, 1.54) is 0 Å². The molecule has 1 heterocycles. The van der Waals surface area contributed by atoms with Crippen molar-refractivity contribution < 1.29 is 9.47 Å². The van der Waals surface area contributed by atoms with Gasteiger partial charge in [0.1, 0.15) is 18.1 Å². The normalized spacial score (nSPS) is 10.4. The van der Waals surface area contributed by atoms with Crippen molar-refractivity contribution in [3.8, 4) is 11.5 Å². The van der Waals surface area contributed by atoms with Crippen LogP contribution in [0, 0.1) is 6.92 Å². The minimum Gasteiger partial charge on any atom is -0.494 e. The van der Waals surface area contributed by atoms with Crippen molar-refractivity contribution in [2.45, 2.75) is 26.8 Å². The molecule has 1 aromatic carbocycles. The van der Waals surface area contributed by atoms with Crippen molar-refractivity contribution in [3.05, 3.63) is 58.5 Å². The lowest BCUT2D eigenvalue weighted by atomic mass is 10.3. The molecule has 0 aliphatic rings. The van der Waals surface area contributed by atoms with E-state index in [-0.39, 0.29) is 5.56 Å². The Hall–Kier alpha value is -2.23. The number of aryl methyl sites for hydroxylation is 1. The van der Waals surface area contributed by atoms with E-state index in [0.717, 1.165) is 30.1 Å². The molecule has 0 saturated heterocycles. The summed E-state index contributed by atoms with van der Waals surface area (Å²) in [5.74, 6) is 1.62. The van der Waals surface area contributed by atoms with Crippen LogP contribution in [-0.4, -0.2) is 17.8 Å². The first-order valence-corrected chi connectivity index (χ1v) is 7.22. The highest BCUT2D eigenvalue weighted by Gasteiger charge is 2.00. The first-order valence-electron chi connectivity index (χ1n) is 7.22. The van der Waals surface area contributed by atoms with Crippen LogP contribution < -0.4 is 15.0 Å². The van der Waals surface area contributed by atoms with E-state index in [1.54, 1.807) is 10.8 Å². The number of rotatable bonds is 7. The van der Waals surface area contributed by atoms with Gasteiger partial charge in [-0.1, -0.05) is 13.0 Å². The van der Waals surface area contributed by atoms with Gasteiger partial charge in [0.25, 0.3) is 5.56 Å². The van der Waals surface area contributed by atoms with Gasteiger partial charge in [0.2, 0.25) is 0 Å². The zero-order chi connectivity index (χ0) is 15.1. The van der Waals surface area contributed by atoms with E-state index in [2.05, 4.69) is 6.92 Å². The van der Waals surface area contributed by atoms with Crippen LogP contribution in [0.4, 0.5) is 0 Å². The maximum atomic E-state index is 11.8. The minimum absolute atomic E-state index is 0.0319. The van der Waals surface area contributed by atoms with Gasteiger partial charge in [-0.05, 0) is 43.7 Å². The maximum Gasteiger partial charge on any atom is 0.253 e. The smallest absolute Gasteiger partial charge is 0.253 e. The second-order valence-corrected chi connectivity index (χ2v) is 4.86. The predicted octanol–water partition coefficient (Wildman–Crippen LogP) is 3.02. The number of benzene rings is 1. The number of aromatic nitrogens is 1. The van der Waals surface area contributed by atoms with Crippen molar-refractivity contribution in [1.29, 1.82) is 0 Å². The summed E-state index contributed by atoms with van der Waals surface area (Å²) in [7, 11) is 0. The SMILES string of the molecule is CCCOc1ccc(OCCn2cccc(C)c2=O)cc1. The molecule has 0 saturated carbocycles. The average Bonchev–Trinajstić information content (AvgIpc) is 2.51. The van der Waals surface area contributed by atoms with Gasteiger partial charge in [-0.3, -0.25) is 4.79 Å². The van der Waals surface area contributed by atoms with Gasteiger partial charge in [0, 0.05) is 11.8 Å². The van der Waals surface area contributed by atoms with Crippen molar-refractivity contribution in [1.82, 2.24) is 4.57 Å². The fraction of sp³-hybridized carbons (Fsp3) is 0.353. The third-order valence-electron chi connectivity index (χ3n) is 3.11. The summed E-state index contributed by atoms with van der Waals surface area (Å²) in [4.78, 5) is 11.8. The molecule has 0 bridgehead atoms. The molecule has 2 aromatic rings. The second kappa shape index (κ2) is 7.53. The van der Waals surface area contributed by atoms with E-state index in [9.17, 15) is 4.79 Å². The Kier molecular flexibility index (Phi) is 5.43. The number of hydrogen-bond acceptors (Lipinski definition) is 3. The number of pyridine rings is 1. The predicted molar refractivity (Wildman–Crippen MR) is 83.2 cm³/mol. The summed E-state index contributed by atoms with van der Waals surface area (Å²) in [6.45, 7) is 5.60. The molecule has 4 heteroatoms. The van der Waals surface area contributed by atoms with E-state index >= 15 is 0 Å². The molecule has 0 amide bonds. The summed E-state index contributed by atoms with van der Waals surface area (Å²) in [6.07, 6.45) is 2.77. The van der Waals surface area contributed by atoms with Crippen LogP contribution in [-0.2, 0) is 6.54 Å². The first-order chi connectivity index (χ1) is 10.2. The Morgan fingerprint density at radius 1 is 1.00 bits per heavy atom.